The van der Waals surface area contributed by atoms with Crippen LogP contribution < -0.4 is 10.2 Å². The highest BCUT2D eigenvalue weighted by Crippen LogP contribution is 2.68. The first-order valence-electron chi connectivity index (χ1n) is 13.8. The highest BCUT2D eigenvalue weighted by Gasteiger charge is 2.69. The van der Waals surface area contributed by atoms with Gasteiger partial charge in [-0.3, -0.25) is 24.1 Å². The fraction of sp³-hybridized carbons (Fsp3) is 0.367. The van der Waals surface area contributed by atoms with Crippen LogP contribution in [0.15, 0.2) is 58.4 Å². The smallest absolute Gasteiger partial charge is 0.338 e. The lowest BCUT2D eigenvalue weighted by atomic mass is 9.68. The molecule has 42 heavy (non-hydrogen) atoms. The van der Waals surface area contributed by atoms with Crippen molar-refractivity contribution in [1.82, 2.24) is 9.88 Å². The molecule has 9 nitrogen and oxygen atoms in total. The third-order valence-electron chi connectivity index (χ3n) is 9.03. The van der Waals surface area contributed by atoms with E-state index in [1.807, 2.05) is 24.3 Å². The van der Waals surface area contributed by atoms with Crippen molar-refractivity contribution in [2.75, 3.05) is 18.5 Å². The van der Waals surface area contributed by atoms with Crippen LogP contribution in [0.1, 0.15) is 40.1 Å². The van der Waals surface area contributed by atoms with Crippen molar-refractivity contribution in [2.24, 2.45) is 29.6 Å². The molecule has 216 valence electrons. The monoisotopic (exact) mass is 623 g/mol. The summed E-state index contributed by atoms with van der Waals surface area (Å²) in [5, 5.41) is 4.26. The quantitative estimate of drug-likeness (QED) is 0.308. The molecule has 3 amide bonds. The van der Waals surface area contributed by atoms with Gasteiger partial charge >= 0.3 is 10.8 Å². The Hall–Kier alpha value is -3.41. The number of carbonyl (C=O) groups is 4. The number of halogens is 1. The van der Waals surface area contributed by atoms with Crippen molar-refractivity contribution in [2.45, 2.75) is 29.5 Å². The first-order chi connectivity index (χ1) is 20.2. The number of thiazole rings is 1. The molecule has 3 heterocycles. The molecule has 7 atom stereocenters. The minimum atomic E-state index is -0.488. The predicted octanol–water partition coefficient (Wildman–Crippen LogP) is 4.38. The molecule has 12 heteroatoms. The van der Waals surface area contributed by atoms with Crippen LogP contribution in [-0.4, -0.2) is 52.0 Å². The Bertz CT molecular complexity index is 1670. The van der Waals surface area contributed by atoms with Gasteiger partial charge in [0.05, 0.1) is 29.0 Å². The van der Waals surface area contributed by atoms with Gasteiger partial charge in [-0.2, -0.15) is 0 Å². The van der Waals surface area contributed by atoms with Crippen molar-refractivity contribution in [1.29, 1.82) is 0 Å². The number of esters is 1. The third kappa shape index (κ3) is 4.32. The van der Waals surface area contributed by atoms with E-state index in [4.69, 9.17) is 16.3 Å². The second kappa shape index (κ2) is 10.4. The highest BCUT2D eigenvalue weighted by atomic mass is 35.5. The van der Waals surface area contributed by atoms with Gasteiger partial charge in [0.25, 0.3) is 0 Å². The van der Waals surface area contributed by atoms with E-state index >= 15 is 0 Å². The second-order valence-corrected chi connectivity index (χ2v) is 13.8. The molecule has 0 spiro atoms. The number of ether oxygens (including phenoxy) is 1. The van der Waals surface area contributed by atoms with Crippen LogP contribution in [0.2, 0.25) is 5.02 Å². The summed E-state index contributed by atoms with van der Waals surface area (Å²) < 4.78 is 4.98. The van der Waals surface area contributed by atoms with Gasteiger partial charge in [0.15, 0.2) is 0 Å². The maximum atomic E-state index is 13.8. The molecule has 2 N–H and O–H groups in total. The average Bonchev–Trinajstić information content (AvgIpc) is 3.70. The van der Waals surface area contributed by atoms with Crippen LogP contribution in [0.3, 0.4) is 0 Å². The van der Waals surface area contributed by atoms with Gasteiger partial charge in [0, 0.05) is 26.8 Å². The number of carbonyl (C=O) groups excluding carboxylic acids is 4. The molecule has 6 unspecified atom stereocenters. The lowest BCUT2D eigenvalue weighted by Gasteiger charge is -2.43. The van der Waals surface area contributed by atoms with Crippen molar-refractivity contribution in [3.8, 4) is 0 Å². The van der Waals surface area contributed by atoms with Gasteiger partial charge in [0.2, 0.25) is 17.7 Å². The lowest BCUT2D eigenvalue weighted by Crippen LogP contribution is -2.42. The van der Waals surface area contributed by atoms with Gasteiger partial charge in [-0.05, 0) is 73.1 Å². The fourth-order valence-electron chi connectivity index (χ4n) is 7.53. The molecular formula is C30H26ClN3O6S2. The van der Waals surface area contributed by atoms with Crippen LogP contribution in [0.4, 0.5) is 5.69 Å². The number of nitrogens with one attached hydrogen (secondary N) is 2. The van der Waals surface area contributed by atoms with E-state index in [9.17, 15) is 24.0 Å². The summed E-state index contributed by atoms with van der Waals surface area (Å²) >= 11 is 9.01. The number of aromatic nitrogens is 1. The summed E-state index contributed by atoms with van der Waals surface area (Å²) in [4.78, 5) is 69.6. The van der Waals surface area contributed by atoms with E-state index in [0.29, 0.717) is 16.3 Å². The van der Waals surface area contributed by atoms with Crippen LogP contribution in [0, 0.1) is 29.6 Å². The molecule has 7 rings (SSSR count). The molecule has 1 aromatic heterocycles. The Kier molecular flexibility index (Phi) is 6.79. The zero-order chi connectivity index (χ0) is 29.3. The molecule has 2 aromatic carbocycles. The lowest BCUT2D eigenvalue weighted by molar-refractivity contribution is -0.143. The highest BCUT2D eigenvalue weighted by molar-refractivity contribution is 8.00. The van der Waals surface area contributed by atoms with Crippen LogP contribution in [0.5, 0.6) is 0 Å². The Labute approximate surface area is 254 Å². The second-order valence-electron chi connectivity index (χ2n) is 11.1. The Morgan fingerprint density at radius 2 is 1.71 bits per heavy atom. The Morgan fingerprint density at radius 3 is 2.40 bits per heavy atom. The molecule has 2 bridgehead atoms. The average molecular weight is 624 g/mol. The number of hydrogen-bond donors (Lipinski definition) is 2. The number of nitrogens with zero attached hydrogens (tertiary/aromatic N) is 1. The SMILES string of the molecule is CCOC(=O)c1ccc(NC(=O)CN2C(=O)C3C4CC(C3C2=O)C2C4Sc3[nH]c(=O)sc3[C@@H]2c2ccc(Cl)cc2)cc1. The molecule has 3 fully saturated rings. The van der Waals surface area contributed by atoms with E-state index < -0.39 is 23.7 Å². The maximum Gasteiger partial charge on any atom is 0.338 e. The van der Waals surface area contributed by atoms with E-state index in [2.05, 4.69) is 10.3 Å². The third-order valence-corrected chi connectivity index (χ3v) is 11.9. The fourth-order valence-corrected chi connectivity index (χ4v) is 10.5. The number of rotatable bonds is 6. The van der Waals surface area contributed by atoms with Gasteiger partial charge in [-0.15, -0.1) is 11.8 Å². The van der Waals surface area contributed by atoms with Crippen molar-refractivity contribution >= 4 is 64.1 Å². The molecule has 1 saturated heterocycles. The number of aromatic amines is 1. The molecule has 2 saturated carbocycles. The van der Waals surface area contributed by atoms with Crippen LogP contribution in [-0.2, 0) is 19.1 Å². The number of hydrogen-bond acceptors (Lipinski definition) is 8. The van der Waals surface area contributed by atoms with Gasteiger partial charge in [-0.1, -0.05) is 35.1 Å². The van der Waals surface area contributed by atoms with Gasteiger partial charge in [0.1, 0.15) is 6.54 Å². The summed E-state index contributed by atoms with van der Waals surface area (Å²) in [6.07, 6.45) is 0.769. The predicted molar refractivity (Wildman–Crippen MR) is 158 cm³/mol. The largest absolute Gasteiger partial charge is 0.462 e. The van der Waals surface area contributed by atoms with Crippen molar-refractivity contribution in [3.05, 3.63) is 79.2 Å². The number of likely N-dealkylation sites (tertiary alicyclic amines) is 1. The molecule has 4 aliphatic rings. The topological polar surface area (TPSA) is 126 Å². The number of fused-ring (bicyclic) bond motifs is 9. The summed E-state index contributed by atoms with van der Waals surface area (Å²) in [7, 11) is 0. The molecular weight excluding hydrogens is 598 g/mol. The number of anilines is 1. The van der Waals surface area contributed by atoms with Crippen LogP contribution in [0.25, 0.3) is 0 Å². The Morgan fingerprint density at radius 1 is 1.02 bits per heavy atom. The Balaban J connectivity index is 1.12. The summed E-state index contributed by atoms with van der Waals surface area (Å²) in [6, 6.07) is 13.9. The molecule has 3 aromatic rings. The summed E-state index contributed by atoms with van der Waals surface area (Å²) in [6.45, 7) is 1.61. The van der Waals surface area contributed by atoms with E-state index in [1.165, 1.54) is 11.3 Å². The summed E-state index contributed by atoms with van der Waals surface area (Å²) in [5.74, 6) is -2.55. The van der Waals surface area contributed by atoms with E-state index in [0.717, 1.165) is 26.8 Å². The van der Waals surface area contributed by atoms with Crippen molar-refractivity contribution in [3.63, 3.8) is 0 Å². The van der Waals surface area contributed by atoms with Gasteiger partial charge < -0.3 is 15.0 Å². The first-order valence-corrected chi connectivity index (χ1v) is 15.9. The number of amides is 3. The van der Waals surface area contributed by atoms with Gasteiger partial charge in [-0.25, -0.2) is 4.79 Å². The minimum Gasteiger partial charge on any atom is -0.462 e. The first kappa shape index (κ1) is 27.4. The molecule has 0 radical (unpaired) electrons. The summed E-state index contributed by atoms with van der Waals surface area (Å²) in [5.41, 5.74) is 1.84. The number of H-pyrrole nitrogens is 1. The van der Waals surface area contributed by atoms with Crippen molar-refractivity contribution < 1.29 is 23.9 Å². The molecule has 2 aliphatic heterocycles. The standard InChI is InChI=1S/C30H26ClN3O6S2/c1-2-40-29(38)14-5-9-16(10-6-14)32-19(35)12-34-27(36)22-17-11-18(23(22)28(34)37)24-21(17)20(13-3-7-15(31)8-4-13)25-26(41-24)33-30(39)42-25/h3-10,17-18,20-24H,2,11-12H2,1H3,(H,32,35)(H,33,39)/t17?,18?,20-,21?,22?,23?,24?/m1/s1. The number of benzene rings is 2. The van der Waals surface area contributed by atoms with E-state index in [-0.39, 0.29) is 58.8 Å². The minimum absolute atomic E-state index is 0.0266. The zero-order valence-corrected chi connectivity index (χ0v) is 24.8. The number of imide groups is 1. The van der Waals surface area contributed by atoms with Crippen LogP contribution >= 0.6 is 34.7 Å². The normalized spacial score (nSPS) is 28.8. The zero-order valence-electron chi connectivity index (χ0n) is 22.4. The van der Waals surface area contributed by atoms with E-state index in [1.54, 1.807) is 43.0 Å². The maximum absolute atomic E-state index is 13.8. The molecule has 2 aliphatic carbocycles. The number of thioether (sulfide) groups is 1.